The SMILES string of the molecule is Cc1nc2ncc(N)cn2c1N. The lowest BCUT2D eigenvalue weighted by molar-refractivity contribution is 1.12. The quantitative estimate of drug-likeness (QED) is 0.581. The second-order valence-electron chi connectivity index (χ2n) is 2.64. The average Bonchev–Trinajstić information content (AvgIpc) is 2.31. The second kappa shape index (κ2) is 2.10. The molecule has 0 bridgehead atoms. The Morgan fingerprint density at radius 1 is 1.42 bits per heavy atom. The molecule has 0 unspecified atom stereocenters. The van der Waals surface area contributed by atoms with Gasteiger partial charge in [-0.05, 0) is 6.92 Å². The van der Waals surface area contributed by atoms with E-state index in [-0.39, 0.29) is 0 Å². The Labute approximate surface area is 69.0 Å². The Balaban J connectivity index is 2.88. The first-order valence-electron chi connectivity index (χ1n) is 3.54. The van der Waals surface area contributed by atoms with Crippen LogP contribution in [0.1, 0.15) is 5.69 Å². The molecule has 0 aliphatic rings. The van der Waals surface area contributed by atoms with E-state index in [0.29, 0.717) is 17.3 Å². The first-order valence-corrected chi connectivity index (χ1v) is 3.54. The third-order valence-corrected chi connectivity index (χ3v) is 1.72. The Morgan fingerprint density at radius 2 is 2.17 bits per heavy atom. The van der Waals surface area contributed by atoms with Crippen LogP contribution in [-0.4, -0.2) is 14.4 Å². The summed E-state index contributed by atoms with van der Waals surface area (Å²) < 4.78 is 1.67. The van der Waals surface area contributed by atoms with Crippen LogP contribution in [0.15, 0.2) is 12.4 Å². The van der Waals surface area contributed by atoms with Crippen LogP contribution in [0.2, 0.25) is 0 Å². The summed E-state index contributed by atoms with van der Waals surface area (Å²) in [5.41, 5.74) is 12.6. The summed E-state index contributed by atoms with van der Waals surface area (Å²) in [4.78, 5) is 8.13. The molecule has 62 valence electrons. The molecule has 0 aliphatic heterocycles. The number of rotatable bonds is 0. The van der Waals surface area contributed by atoms with Gasteiger partial charge in [0.15, 0.2) is 0 Å². The fourth-order valence-electron chi connectivity index (χ4n) is 1.08. The zero-order valence-corrected chi connectivity index (χ0v) is 6.65. The molecule has 0 spiro atoms. The summed E-state index contributed by atoms with van der Waals surface area (Å²) in [7, 11) is 0. The monoisotopic (exact) mass is 163 g/mol. The van der Waals surface area contributed by atoms with Crippen LogP contribution in [0.25, 0.3) is 5.78 Å². The van der Waals surface area contributed by atoms with E-state index in [4.69, 9.17) is 11.5 Å². The van der Waals surface area contributed by atoms with Crippen molar-refractivity contribution >= 4 is 17.3 Å². The van der Waals surface area contributed by atoms with Crippen LogP contribution in [0.5, 0.6) is 0 Å². The summed E-state index contributed by atoms with van der Waals surface area (Å²) in [5.74, 6) is 1.17. The number of aromatic nitrogens is 3. The molecule has 5 heteroatoms. The van der Waals surface area contributed by atoms with E-state index >= 15 is 0 Å². The van der Waals surface area contributed by atoms with Crippen molar-refractivity contribution in [1.29, 1.82) is 0 Å². The van der Waals surface area contributed by atoms with Crippen molar-refractivity contribution in [3.8, 4) is 0 Å². The highest BCUT2D eigenvalue weighted by Gasteiger charge is 2.04. The fraction of sp³-hybridized carbons (Fsp3) is 0.143. The smallest absolute Gasteiger partial charge is 0.235 e. The maximum atomic E-state index is 5.71. The fourth-order valence-corrected chi connectivity index (χ4v) is 1.08. The van der Waals surface area contributed by atoms with E-state index in [0.717, 1.165) is 5.69 Å². The van der Waals surface area contributed by atoms with Crippen LogP contribution in [0.3, 0.4) is 0 Å². The number of fused-ring (bicyclic) bond motifs is 1. The Kier molecular flexibility index (Phi) is 1.21. The van der Waals surface area contributed by atoms with Crippen LogP contribution in [0, 0.1) is 6.92 Å². The first kappa shape index (κ1) is 6.90. The molecule has 0 atom stereocenters. The summed E-state index contributed by atoms with van der Waals surface area (Å²) in [6.07, 6.45) is 3.26. The minimum atomic E-state index is 0.576. The number of nitrogens with two attached hydrogens (primary N) is 2. The zero-order chi connectivity index (χ0) is 8.72. The molecule has 0 saturated heterocycles. The molecule has 0 fully saturated rings. The van der Waals surface area contributed by atoms with Crippen molar-refractivity contribution in [3.05, 3.63) is 18.1 Å². The lowest BCUT2D eigenvalue weighted by atomic mass is 10.5. The van der Waals surface area contributed by atoms with E-state index in [1.54, 1.807) is 16.8 Å². The molecule has 2 aromatic rings. The van der Waals surface area contributed by atoms with Crippen molar-refractivity contribution in [2.45, 2.75) is 6.92 Å². The Hall–Kier alpha value is -1.78. The number of nitrogen functional groups attached to an aromatic ring is 2. The number of imidazole rings is 1. The van der Waals surface area contributed by atoms with Gasteiger partial charge in [0.25, 0.3) is 0 Å². The first-order chi connectivity index (χ1) is 5.68. The van der Waals surface area contributed by atoms with Gasteiger partial charge in [-0.25, -0.2) is 9.97 Å². The minimum absolute atomic E-state index is 0.576. The lowest BCUT2D eigenvalue weighted by Crippen LogP contribution is -1.97. The van der Waals surface area contributed by atoms with Gasteiger partial charge in [0.1, 0.15) is 5.82 Å². The number of nitrogens with zero attached hydrogens (tertiary/aromatic N) is 3. The van der Waals surface area contributed by atoms with Gasteiger partial charge < -0.3 is 11.5 Å². The summed E-state index contributed by atoms with van der Waals surface area (Å²) in [6.45, 7) is 1.83. The highest BCUT2D eigenvalue weighted by molar-refractivity contribution is 5.50. The zero-order valence-electron chi connectivity index (χ0n) is 6.65. The topological polar surface area (TPSA) is 82.2 Å². The molecule has 0 saturated carbocycles. The van der Waals surface area contributed by atoms with E-state index in [1.165, 1.54) is 0 Å². The molecule has 5 nitrogen and oxygen atoms in total. The van der Waals surface area contributed by atoms with Gasteiger partial charge in [-0.1, -0.05) is 0 Å². The lowest BCUT2D eigenvalue weighted by Gasteiger charge is -1.95. The summed E-state index contributed by atoms with van der Waals surface area (Å²) in [6, 6.07) is 0. The van der Waals surface area contributed by atoms with Gasteiger partial charge in [0.05, 0.1) is 17.6 Å². The Morgan fingerprint density at radius 3 is 2.92 bits per heavy atom. The summed E-state index contributed by atoms with van der Waals surface area (Å²) >= 11 is 0. The number of anilines is 2. The second-order valence-corrected chi connectivity index (χ2v) is 2.64. The molecule has 0 aliphatic carbocycles. The Bertz CT molecular complexity index is 431. The highest BCUT2D eigenvalue weighted by Crippen LogP contribution is 2.12. The van der Waals surface area contributed by atoms with E-state index in [9.17, 15) is 0 Å². The van der Waals surface area contributed by atoms with Crippen molar-refractivity contribution in [3.63, 3.8) is 0 Å². The van der Waals surface area contributed by atoms with Gasteiger partial charge in [-0.15, -0.1) is 0 Å². The number of hydrogen-bond acceptors (Lipinski definition) is 4. The molecular formula is C7H9N5. The van der Waals surface area contributed by atoms with E-state index in [1.807, 2.05) is 6.92 Å². The maximum absolute atomic E-state index is 5.71. The largest absolute Gasteiger partial charge is 0.396 e. The molecule has 2 aromatic heterocycles. The molecule has 0 amide bonds. The van der Waals surface area contributed by atoms with E-state index < -0.39 is 0 Å². The van der Waals surface area contributed by atoms with Crippen molar-refractivity contribution in [1.82, 2.24) is 14.4 Å². The number of aryl methyl sites for hydroxylation is 1. The van der Waals surface area contributed by atoms with Gasteiger partial charge >= 0.3 is 0 Å². The third kappa shape index (κ3) is 0.795. The van der Waals surface area contributed by atoms with Gasteiger partial charge in [0.2, 0.25) is 5.78 Å². The molecule has 0 aromatic carbocycles. The van der Waals surface area contributed by atoms with Gasteiger partial charge in [-0.3, -0.25) is 4.40 Å². The van der Waals surface area contributed by atoms with Crippen LogP contribution in [0.4, 0.5) is 11.5 Å². The predicted octanol–water partition coefficient (Wildman–Crippen LogP) is 0.202. The summed E-state index contributed by atoms with van der Waals surface area (Å²) in [5, 5.41) is 0. The van der Waals surface area contributed by atoms with Gasteiger partial charge in [-0.2, -0.15) is 0 Å². The van der Waals surface area contributed by atoms with Crippen LogP contribution < -0.4 is 11.5 Å². The van der Waals surface area contributed by atoms with Gasteiger partial charge in [0, 0.05) is 6.20 Å². The van der Waals surface area contributed by atoms with E-state index in [2.05, 4.69) is 9.97 Å². The maximum Gasteiger partial charge on any atom is 0.235 e. The normalized spacial score (nSPS) is 10.8. The standard InChI is InChI=1S/C7H9N5/c1-4-6(9)12-3-5(8)2-10-7(12)11-4/h2-3H,8-9H2,1H3. The highest BCUT2D eigenvalue weighted by atomic mass is 15.1. The predicted molar refractivity (Wildman–Crippen MR) is 46.5 cm³/mol. The van der Waals surface area contributed by atoms with Crippen LogP contribution in [-0.2, 0) is 0 Å². The molecular weight excluding hydrogens is 154 g/mol. The van der Waals surface area contributed by atoms with Crippen molar-refractivity contribution < 1.29 is 0 Å². The minimum Gasteiger partial charge on any atom is -0.396 e. The molecule has 12 heavy (non-hydrogen) atoms. The molecule has 0 radical (unpaired) electrons. The van der Waals surface area contributed by atoms with Crippen molar-refractivity contribution in [2.24, 2.45) is 0 Å². The van der Waals surface area contributed by atoms with Crippen molar-refractivity contribution in [2.75, 3.05) is 11.5 Å². The molecule has 4 N–H and O–H groups in total. The van der Waals surface area contributed by atoms with Crippen LogP contribution >= 0.6 is 0 Å². The third-order valence-electron chi connectivity index (χ3n) is 1.72. The molecule has 2 heterocycles. The average molecular weight is 163 g/mol. The number of hydrogen-bond donors (Lipinski definition) is 2. The molecule has 2 rings (SSSR count).